The molecule has 18 nitrogen and oxygen atoms in total. The van der Waals surface area contributed by atoms with Gasteiger partial charge in [-0.3, -0.25) is 24.1 Å². The third-order valence-corrected chi connectivity index (χ3v) is 9.67. The molecular weight excluding hydrogens is 688 g/mol. The van der Waals surface area contributed by atoms with Gasteiger partial charge in [0.05, 0.1) is 5.69 Å². The van der Waals surface area contributed by atoms with E-state index >= 15 is 0 Å². The number of fused-ring (bicyclic) bond motifs is 1. The fourth-order valence-corrected chi connectivity index (χ4v) is 7.31. The van der Waals surface area contributed by atoms with Crippen LogP contribution >= 0.6 is 46.5 Å². The van der Waals surface area contributed by atoms with Gasteiger partial charge in [-0.15, -0.1) is 28.2 Å². The number of aliphatic carboxylic acids is 1. The minimum absolute atomic E-state index is 0.0207. The highest BCUT2D eigenvalue weighted by Gasteiger charge is 2.54. The molecule has 22 heteroatoms. The number of anilines is 2. The highest BCUT2D eigenvalue weighted by atomic mass is 35.5. The predicted octanol–water partition coefficient (Wildman–Crippen LogP) is 0.484. The first-order valence-electron chi connectivity index (χ1n) is 12.8. The number of nitrogens with zero attached hydrogens (tertiary/aromatic N) is 7. The Labute approximate surface area is 275 Å². The second-order valence-corrected chi connectivity index (χ2v) is 12.6. The number of thioether (sulfide) groups is 2. The Hall–Kier alpha value is -4.73. The second-order valence-electron chi connectivity index (χ2n) is 9.22. The molecule has 2 aromatic heterocycles. The van der Waals surface area contributed by atoms with E-state index in [0.717, 1.165) is 16.2 Å². The molecule has 5 rings (SSSR count). The number of β-lactam (4-membered cyclic amide) rings is 1. The summed E-state index contributed by atoms with van der Waals surface area (Å²) in [6.45, 7) is -0.696. The minimum atomic E-state index is -1.30. The van der Waals surface area contributed by atoms with Crippen molar-refractivity contribution in [2.24, 2.45) is 12.2 Å². The number of amides is 4. The molecule has 46 heavy (non-hydrogen) atoms. The van der Waals surface area contributed by atoms with Gasteiger partial charge in [0, 0.05) is 29.0 Å². The Balaban J connectivity index is 1.29. The normalized spacial score (nSPS) is 17.6. The first-order valence-corrected chi connectivity index (χ1v) is 16.1. The standard InChI is InChI=1S/C24H21ClN10O8S3/c1-34-24(30-32-33-34)46-7-10-6-44-21-17(20(40)35(21)18(10)22(41)42)29-19(39)16(13-8-45-23(28-13)26-9-36)31-43-5-15(38)27-12-4-11(25)2-3-14(12)37/h2-4,8-9,17,21,37H,5-7H2,1H3,(H,27,38)(H,29,39)(H,41,42)(H,26,28,36)/b31-16-/t17?,21-/m1/s1. The van der Waals surface area contributed by atoms with Crippen LogP contribution in [0.1, 0.15) is 5.69 Å². The maximum atomic E-state index is 13.4. The average Bonchev–Trinajstić information content (AvgIpc) is 3.66. The van der Waals surface area contributed by atoms with Crippen LogP contribution in [0.5, 0.6) is 5.75 Å². The monoisotopic (exact) mass is 708 g/mol. The summed E-state index contributed by atoms with van der Waals surface area (Å²) in [5.74, 6) is -3.38. The number of carbonyl (C=O) groups excluding carboxylic acids is 4. The number of carboxylic acids is 1. The smallest absolute Gasteiger partial charge is 0.352 e. The summed E-state index contributed by atoms with van der Waals surface area (Å²) in [6.07, 6.45) is 0.387. The molecule has 0 saturated carbocycles. The number of benzene rings is 1. The van der Waals surface area contributed by atoms with Crippen molar-refractivity contribution in [3.8, 4) is 5.75 Å². The molecule has 4 amide bonds. The molecule has 2 aliphatic rings. The lowest BCUT2D eigenvalue weighted by Crippen LogP contribution is -2.71. The van der Waals surface area contributed by atoms with Crippen molar-refractivity contribution in [3.05, 3.63) is 45.6 Å². The summed E-state index contributed by atoms with van der Waals surface area (Å²) in [7, 11) is 1.64. The number of hydrogen-bond donors (Lipinski definition) is 5. The molecule has 5 N–H and O–H groups in total. The van der Waals surface area contributed by atoms with Gasteiger partial charge in [0.1, 0.15) is 28.6 Å². The molecule has 1 saturated heterocycles. The molecule has 2 atom stereocenters. The molecule has 0 aliphatic carbocycles. The summed E-state index contributed by atoms with van der Waals surface area (Å²) in [6, 6.07) is 2.91. The van der Waals surface area contributed by atoms with Crippen LogP contribution in [0.3, 0.4) is 0 Å². The van der Waals surface area contributed by atoms with Crippen molar-refractivity contribution >= 4 is 93.1 Å². The number of tetrazole rings is 1. The van der Waals surface area contributed by atoms with Crippen molar-refractivity contribution in [2.75, 3.05) is 28.7 Å². The maximum Gasteiger partial charge on any atom is 0.352 e. The molecule has 4 heterocycles. The quantitative estimate of drug-likeness (QED) is 0.0405. The lowest BCUT2D eigenvalue weighted by Gasteiger charge is -2.49. The van der Waals surface area contributed by atoms with Crippen LogP contribution in [-0.2, 0) is 35.9 Å². The minimum Gasteiger partial charge on any atom is -0.506 e. The van der Waals surface area contributed by atoms with Crippen LogP contribution in [0, 0.1) is 0 Å². The Kier molecular flexibility index (Phi) is 10.0. The Morgan fingerprint density at radius 3 is 2.85 bits per heavy atom. The first kappa shape index (κ1) is 32.7. The van der Waals surface area contributed by atoms with E-state index in [9.17, 15) is 34.2 Å². The number of nitrogens with one attached hydrogen (secondary N) is 3. The lowest BCUT2D eigenvalue weighted by atomic mass is 10.0. The third-order valence-electron chi connectivity index (χ3n) is 6.22. The van der Waals surface area contributed by atoms with Gasteiger partial charge in [-0.25, -0.2) is 14.5 Å². The molecule has 0 spiro atoms. The van der Waals surface area contributed by atoms with Gasteiger partial charge in [-0.05, 0) is 34.2 Å². The molecule has 1 fully saturated rings. The number of thiazole rings is 1. The number of aryl methyl sites for hydroxylation is 1. The van der Waals surface area contributed by atoms with E-state index in [4.69, 9.17) is 16.4 Å². The van der Waals surface area contributed by atoms with Crippen molar-refractivity contribution in [2.45, 2.75) is 16.6 Å². The second kappa shape index (κ2) is 14.1. The van der Waals surface area contributed by atoms with Crippen LogP contribution in [0.2, 0.25) is 5.02 Å². The van der Waals surface area contributed by atoms with Gasteiger partial charge in [0.2, 0.25) is 11.6 Å². The highest BCUT2D eigenvalue weighted by molar-refractivity contribution is 8.01. The number of carboxylic acid groups (broad SMARTS) is 1. The van der Waals surface area contributed by atoms with Crippen molar-refractivity contribution in [3.63, 3.8) is 0 Å². The SMILES string of the molecule is Cn1nnnc1SCC1=C(C(=O)O)N2C(=O)C(NC(=O)/C(=N\OCC(=O)Nc3cc(Cl)ccc3O)c3csc(NC=O)n3)[C@H]2SC1. The highest BCUT2D eigenvalue weighted by Crippen LogP contribution is 2.41. The van der Waals surface area contributed by atoms with Gasteiger partial charge in [0.15, 0.2) is 17.5 Å². The summed E-state index contributed by atoms with van der Waals surface area (Å²) in [4.78, 5) is 72.4. The number of carbonyl (C=O) groups is 5. The first-order chi connectivity index (χ1) is 22.1. The predicted molar refractivity (Wildman–Crippen MR) is 165 cm³/mol. The van der Waals surface area contributed by atoms with Crippen LogP contribution < -0.4 is 16.0 Å². The Morgan fingerprint density at radius 1 is 1.33 bits per heavy atom. The summed E-state index contributed by atoms with van der Waals surface area (Å²) in [5, 5.41) is 43.6. The molecule has 240 valence electrons. The summed E-state index contributed by atoms with van der Waals surface area (Å²) in [5.41, 5.74) is -0.141. The maximum absolute atomic E-state index is 13.4. The van der Waals surface area contributed by atoms with E-state index in [2.05, 4.69) is 41.6 Å². The number of oxime groups is 1. The number of aromatic hydroxyl groups is 1. The fraction of sp³-hybridized carbons (Fsp3) is 0.250. The molecule has 2 aliphatic heterocycles. The molecule has 3 aromatic rings. The van der Waals surface area contributed by atoms with E-state index < -0.39 is 47.4 Å². The van der Waals surface area contributed by atoms with Crippen molar-refractivity contribution in [1.29, 1.82) is 0 Å². The number of rotatable bonds is 13. The van der Waals surface area contributed by atoms with Crippen LogP contribution in [0.4, 0.5) is 10.8 Å². The molecule has 1 aromatic carbocycles. The van der Waals surface area contributed by atoms with Gasteiger partial charge in [0.25, 0.3) is 17.7 Å². The molecule has 0 radical (unpaired) electrons. The van der Waals surface area contributed by atoms with Crippen LogP contribution in [-0.4, -0.2) is 106 Å². The molecule has 1 unspecified atom stereocenters. The fourth-order valence-electron chi connectivity index (χ4n) is 4.15. The molecular formula is C24H21ClN10O8S3. The van der Waals surface area contributed by atoms with Gasteiger partial charge < -0.3 is 31.0 Å². The zero-order chi connectivity index (χ0) is 33.0. The van der Waals surface area contributed by atoms with E-state index in [1.54, 1.807) is 7.05 Å². The Morgan fingerprint density at radius 2 is 2.13 bits per heavy atom. The third kappa shape index (κ3) is 7.06. The zero-order valence-electron chi connectivity index (χ0n) is 23.2. The van der Waals surface area contributed by atoms with Gasteiger partial charge in [-0.1, -0.05) is 28.5 Å². The number of aromatic nitrogens is 5. The Bertz CT molecular complexity index is 1780. The van der Waals surface area contributed by atoms with E-state index in [0.29, 0.717) is 17.1 Å². The number of hydrogen-bond acceptors (Lipinski definition) is 15. The summed E-state index contributed by atoms with van der Waals surface area (Å²) < 4.78 is 1.44. The number of halogens is 1. The van der Waals surface area contributed by atoms with Crippen LogP contribution in [0.25, 0.3) is 0 Å². The molecule has 0 bridgehead atoms. The summed E-state index contributed by atoms with van der Waals surface area (Å²) >= 11 is 9.34. The number of phenolic OH excluding ortho intramolecular Hbond substituents is 1. The van der Waals surface area contributed by atoms with Crippen molar-refractivity contribution < 1.29 is 39.0 Å². The van der Waals surface area contributed by atoms with E-state index in [1.807, 2.05) is 0 Å². The van der Waals surface area contributed by atoms with Crippen LogP contribution in [0.15, 0.2) is 45.2 Å². The lowest BCUT2D eigenvalue weighted by molar-refractivity contribution is -0.150. The van der Waals surface area contributed by atoms with Crippen molar-refractivity contribution in [1.82, 2.24) is 35.4 Å². The average molecular weight is 709 g/mol. The number of phenols is 1. The zero-order valence-corrected chi connectivity index (χ0v) is 26.4. The van der Waals surface area contributed by atoms with E-state index in [1.165, 1.54) is 51.8 Å². The van der Waals surface area contributed by atoms with Gasteiger partial charge >= 0.3 is 5.97 Å². The van der Waals surface area contributed by atoms with Gasteiger partial charge in [-0.2, -0.15) is 0 Å². The van der Waals surface area contributed by atoms with E-state index in [-0.39, 0.29) is 44.5 Å². The largest absolute Gasteiger partial charge is 0.506 e. The topological polar surface area (TPSA) is 243 Å².